The molecule has 14 nitrogen and oxygen atoms in total. The van der Waals surface area contributed by atoms with Crippen LogP contribution < -0.4 is 10.6 Å². The predicted molar refractivity (Wildman–Crippen MR) is 194 cm³/mol. The van der Waals surface area contributed by atoms with Crippen molar-refractivity contribution in [2.45, 2.75) is 172 Å². The summed E-state index contributed by atoms with van der Waals surface area (Å²) in [4.78, 5) is 36.0. The summed E-state index contributed by atoms with van der Waals surface area (Å²) < 4.78 is 27.9. The fraction of sp³-hybridized carbons (Fsp3) is 0.895. The first-order valence-corrected chi connectivity index (χ1v) is 19.0. The van der Waals surface area contributed by atoms with E-state index in [-0.39, 0.29) is 41.3 Å². The molecule has 2 aliphatic carbocycles. The maximum absolute atomic E-state index is 12.2. The number of fused-ring (bicyclic) bond motifs is 6. The first kappa shape index (κ1) is 45.4. The van der Waals surface area contributed by atoms with Crippen molar-refractivity contribution < 1.29 is 48.3 Å². The number of aliphatic hydroxyl groups excluding tert-OH is 2. The van der Waals surface area contributed by atoms with Gasteiger partial charge in [0.05, 0.1) is 36.1 Å². The number of methoxy groups -OCH3 is 1. The van der Waals surface area contributed by atoms with E-state index in [1.807, 2.05) is 20.8 Å². The number of nitrogens with one attached hydrogen (secondary N) is 2. The molecule has 0 aromatic carbocycles. The summed E-state index contributed by atoms with van der Waals surface area (Å²) in [5, 5.41) is 33.2. The number of carbonyl (C=O) groups excluding carboxylic acids is 3. The van der Waals surface area contributed by atoms with Crippen LogP contribution in [-0.4, -0.2) is 108 Å². The number of rotatable bonds is 16. The van der Waals surface area contributed by atoms with Crippen molar-refractivity contribution in [3.05, 3.63) is 0 Å². The number of hydrogen-bond acceptors (Lipinski definition) is 12. The number of nitrogens with zero attached hydrogens (tertiary/aromatic N) is 2. The maximum atomic E-state index is 12.2. The standard InChI is InChI=1S/C20H36N2O5.C10H18O3.C8H12N2O2/c1-14(23)21-10-8-6-7-9-11-22-18(24)26-17-13-15-12-16(25-5)20(17,4)27-19(15,2)3;1-9(2)6-4-7(11)10(3,13-9)8(12)5-6;9-7-12-6-4-2-1-3-5-10-8-11/h15-17H,6-13H2,1-5H3,(H,21,23)(H,22,24);6-8,11-12H,4-5H2,1-3H3;1-6H2. The third-order valence-electron chi connectivity index (χ3n) is 11.2. The van der Waals surface area contributed by atoms with Gasteiger partial charge in [-0.15, -0.1) is 0 Å². The van der Waals surface area contributed by atoms with Gasteiger partial charge >= 0.3 is 6.09 Å². The van der Waals surface area contributed by atoms with Crippen LogP contribution in [0, 0.1) is 23.4 Å². The molecule has 6 aliphatic rings. The lowest BCUT2D eigenvalue weighted by atomic mass is 9.65. The number of unbranched alkanes of at least 4 members (excludes halogenated alkanes) is 6. The fourth-order valence-corrected chi connectivity index (χ4v) is 7.85. The minimum atomic E-state index is -0.752. The molecule has 4 heterocycles. The van der Waals surface area contributed by atoms with Gasteiger partial charge in [-0.1, -0.05) is 19.3 Å². The van der Waals surface area contributed by atoms with Crippen LogP contribution in [-0.2, 0) is 33.3 Å². The Bertz CT molecular complexity index is 1190. The summed E-state index contributed by atoms with van der Waals surface area (Å²) in [5.41, 5.74) is -1.79. The molecule has 6 fully saturated rings. The van der Waals surface area contributed by atoms with Gasteiger partial charge in [0.15, 0.2) is 0 Å². The van der Waals surface area contributed by atoms with Gasteiger partial charge < -0.3 is 44.5 Å². The van der Waals surface area contributed by atoms with Crippen molar-refractivity contribution >= 4 is 18.1 Å². The minimum absolute atomic E-state index is 0.00704. The first-order valence-electron chi connectivity index (χ1n) is 19.0. The zero-order chi connectivity index (χ0) is 39.0. The summed E-state index contributed by atoms with van der Waals surface area (Å²) in [6.07, 6.45) is 12.2. The van der Waals surface area contributed by atoms with E-state index in [0.717, 1.165) is 77.0 Å². The van der Waals surface area contributed by atoms with Gasteiger partial charge in [-0.25, -0.2) is 14.6 Å². The number of carbonyl (C=O) groups is 2. The Morgan fingerprint density at radius 3 is 1.85 bits per heavy atom. The Labute approximate surface area is 310 Å². The second-order valence-electron chi connectivity index (χ2n) is 15.9. The van der Waals surface area contributed by atoms with Crippen molar-refractivity contribution in [3.8, 4) is 6.26 Å². The van der Waals surface area contributed by atoms with Gasteiger partial charge in [0, 0.05) is 27.1 Å². The van der Waals surface area contributed by atoms with Crippen LogP contribution in [0.5, 0.6) is 0 Å². The summed E-state index contributed by atoms with van der Waals surface area (Å²) in [6, 6.07) is 0. The van der Waals surface area contributed by atoms with Crippen molar-refractivity contribution in [2.75, 3.05) is 33.4 Å². The zero-order valence-electron chi connectivity index (χ0n) is 32.8. The largest absolute Gasteiger partial charge is 0.443 e. The Kier molecular flexibility index (Phi) is 18.5. The summed E-state index contributed by atoms with van der Waals surface area (Å²) >= 11 is 0. The average Bonchev–Trinajstić information content (AvgIpc) is 3.06. The van der Waals surface area contributed by atoms with Gasteiger partial charge in [0.1, 0.15) is 23.9 Å². The molecule has 4 N–H and O–H groups in total. The lowest BCUT2D eigenvalue weighted by molar-refractivity contribution is -0.313. The Balaban J connectivity index is 0.000000310. The van der Waals surface area contributed by atoms with E-state index in [9.17, 15) is 24.6 Å². The predicted octanol–water partition coefficient (Wildman–Crippen LogP) is 4.84. The van der Waals surface area contributed by atoms with E-state index in [0.29, 0.717) is 32.2 Å². The van der Waals surface area contributed by atoms with Crippen molar-refractivity contribution in [1.82, 2.24) is 10.6 Å². The first-order chi connectivity index (χ1) is 24.5. The Morgan fingerprint density at radius 1 is 0.788 bits per heavy atom. The monoisotopic (exact) mass is 738 g/mol. The van der Waals surface area contributed by atoms with Crippen molar-refractivity contribution in [2.24, 2.45) is 16.8 Å². The lowest BCUT2D eigenvalue weighted by Crippen LogP contribution is -2.69. The molecule has 298 valence electrons. The number of amides is 2. The van der Waals surface area contributed by atoms with Gasteiger partial charge in [-0.3, -0.25) is 4.79 Å². The minimum Gasteiger partial charge on any atom is -0.443 e. The molecule has 6 atom stereocenters. The third-order valence-corrected chi connectivity index (χ3v) is 11.2. The normalized spacial score (nSPS) is 31.6. The van der Waals surface area contributed by atoms with E-state index in [4.69, 9.17) is 24.2 Å². The number of aliphatic imine (C=N–C) groups is 1. The average molecular weight is 739 g/mol. The fourth-order valence-electron chi connectivity index (χ4n) is 7.85. The second kappa shape index (κ2) is 21.2. The van der Waals surface area contributed by atoms with Crippen LogP contribution >= 0.6 is 0 Å². The highest BCUT2D eigenvalue weighted by Crippen LogP contribution is 2.52. The molecule has 0 radical (unpaired) electrons. The molecule has 4 saturated heterocycles. The summed E-state index contributed by atoms with van der Waals surface area (Å²) in [5.74, 6) is 0.595. The molecule has 0 aromatic rings. The molecule has 0 aromatic heterocycles. The second-order valence-corrected chi connectivity index (χ2v) is 15.9. The summed E-state index contributed by atoms with van der Waals surface area (Å²) in [6.45, 7) is 15.9. The van der Waals surface area contributed by atoms with Crippen LogP contribution in [0.4, 0.5) is 4.79 Å². The van der Waals surface area contributed by atoms with Crippen LogP contribution in [0.1, 0.15) is 126 Å². The molecule has 14 heteroatoms. The molecule has 4 bridgehead atoms. The Morgan fingerprint density at radius 2 is 1.31 bits per heavy atom. The zero-order valence-corrected chi connectivity index (χ0v) is 32.8. The van der Waals surface area contributed by atoms with Gasteiger partial charge in [0.25, 0.3) is 6.26 Å². The van der Waals surface area contributed by atoms with Crippen LogP contribution in [0.2, 0.25) is 0 Å². The van der Waals surface area contributed by atoms with E-state index in [1.54, 1.807) is 20.3 Å². The number of ether oxygens (including phenoxy) is 5. The van der Waals surface area contributed by atoms with Gasteiger partial charge in [-0.05, 0) is 111 Å². The molecule has 6 unspecified atom stereocenters. The quantitative estimate of drug-likeness (QED) is 0.0732. The summed E-state index contributed by atoms with van der Waals surface area (Å²) in [7, 11) is 1.69. The number of isocyanates is 1. The number of aliphatic hydroxyl groups is 2. The molecule has 2 amide bonds. The topological polar surface area (TPSA) is 198 Å². The molecule has 0 spiro atoms. The number of alkyl carbamates (subject to hydrolysis) is 1. The highest BCUT2D eigenvalue weighted by atomic mass is 16.6. The van der Waals surface area contributed by atoms with Gasteiger partial charge in [-0.2, -0.15) is 5.26 Å². The number of nitriles is 1. The SMILES string of the molecule is CC1(C)OC2(C)C(O)CC1CC2O.COC1CC2CC(OC(=O)NCCCCCCNC(C)=O)C1(C)OC2(C)C.N#COCCCCCCN=C=O. The van der Waals surface area contributed by atoms with Crippen molar-refractivity contribution in [1.29, 1.82) is 5.26 Å². The van der Waals surface area contributed by atoms with Crippen molar-refractivity contribution in [3.63, 3.8) is 0 Å². The maximum Gasteiger partial charge on any atom is 0.407 e. The van der Waals surface area contributed by atoms with E-state index in [1.165, 1.54) is 13.0 Å². The van der Waals surface area contributed by atoms with E-state index in [2.05, 4.69) is 34.2 Å². The Hall–Kier alpha value is -2.79. The third kappa shape index (κ3) is 13.3. The van der Waals surface area contributed by atoms with Crippen LogP contribution in [0.3, 0.4) is 0 Å². The molecular formula is C38H66N4O10. The molecule has 4 aliphatic heterocycles. The van der Waals surface area contributed by atoms with Crippen LogP contribution in [0.25, 0.3) is 0 Å². The molecule has 2 saturated carbocycles. The molecule has 6 rings (SSSR count). The smallest absolute Gasteiger partial charge is 0.407 e. The van der Waals surface area contributed by atoms with E-state index >= 15 is 0 Å². The highest BCUT2D eigenvalue weighted by Gasteiger charge is 2.61. The molecular weight excluding hydrogens is 672 g/mol. The highest BCUT2D eigenvalue weighted by molar-refractivity contribution is 5.72. The number of hydrogen-bond donors (Lipinski definition) is 4. The van der Waals surface area contributed by atoms with E-state index < -0.39 is 23.4 Å². The van der Waals surface area contributed by atoms with Gasteiger partial charge in [0.2, 0.25) is 12.0 Å². The lowest BCUT2D eigenvalue weighted by Gasteiger charge is -2.59. The molecule has 52 heavy (non-hydrogen) atoms. The van der Waals surface area contributed by atoms with Crippen LogP contribution in [0.15, 0.2) is 4.99 Å².